The molecule has 0 aromatic heterocycles. The van der Waals surface area contributed by atoms with Crippen LogP contribution in [0.15, 0.2) is 0 Å². The average Bonchev–Trinajstić information content (AvgIpc) is 2.14. The third-order valence-electron chi connectivity index (χ3n) is 1.16. The van der Waals surface area contributed by atoms with E-state index >= 15 is 0 Å². The molecule has 0 saturated heterocycles. The Labute approximate surface area is 82.2 Å². The summed E-state index contributed by atoms with van der Waals surface area (Å²) in [6.45, 7) is -2.99. The topological polar surface area (TPSA) is 41.5 Å². The van der Waals surface area contributed by atoms with Gasteiger partial charge in [0.05, 0.1) is 0 Å². The second-order valence-electron chi connectivity index (χ2n) is 2.15. The van der Waals surface area contributed by atoms with E-state index in [1.54, 1.807) is 0 Å². The van der Waals surface area contributed by atoms with E-state index in [-0.39, 0.29) is 0 Å². The van der Waals surface area contributed by atoms with Crippen LogP contribution in [0.1, 0.15) is 0 Å². The van der Waals surface area contributed by atoms with E-state index in [1.165, 1.54) is 0 Å². The summed E-state index contributed by atoms with van der Waals surface area (Å²) < 4.78 is 87.5. The zero-order valence-corrected chi connectivity index (χ0v) is 7.30. The maximum atomic E-state index is 12.3. The van der Waals surface area contributed by atoms with Crippen LogP contribution in [0.25, 0.3) is 0 Å². The van der Waals surface area contributed by atoms with Crippen molar-refractivity contribution in [3.05, 3.63) is 0 Å². The lowest BCUT2D eigenvalue weighted by Gasteiger charge is -2.29. The van der Waals surface area contributed by atoms with E-state index in [0.29, 0.717) is 0 Å². The second kappa shape index (κ2) is 4.72. The van der Waals surface area contributed by atoms with Gasteiger partial charge in [0, 0.05) is 0 Å². The predicted octanol–water partition coefficient (Wildman–Crippen LogP) is 1.69. The lowest BCUT2D eigenvalue weighted by molar-refractivity contribution is -0.777. The fourth-order valence-electron chi connectivity index (χ4n) is 0.406. The molecule has 0 spiro atoms. The maximum absolute atomic E-state index is 12.3. The van der Waals surface area contributed by atoms with E-state index in [4.69, 9.17) is 5.26 Å². The molecule has 0 aliphatic heterocycles. The lowest BCUT2D eigenvalue weighted by Crippen LogP contribution is -2.53. The van der Waals surface area contributed by atoms with Crippen LogP contribution in [-0.2, 0) is 9.37 Å². The number of halogens is 7. The molecule has 15 heavy (non-hydrogen) atoms. The van der Waals surface area contributed by atoms with Gasteiger partial charge in [-0.05, 0) is 0 Å². The first-order valence-corrected chi connectivity index (χ1v) is 3.70. The van der Waals surface area contributed by atoms with Crippen LogP contribution in [0.3, 0.4) is 0 Å². The molecular formula is C4H2F7O3S-. The van der Waals surface area contributed by atoms with Crippen LogP contribution in [0.5, 0.6) is 0 Å². The summed E-state index contributed by atoms with van der Waals surface area (Å²) in [5, 5.41) is 5.80. The molecule has 0 saturated carbocycles. The van der Waals surface area contributed by atoms with Gasteiger partial charge >= 0.3 is 17.1 Å². The average molecular weight is 263 g/mol. The van der Waals surface area contributed by atoms with Crippen LogP contribution in [0.2, 0.25) is 0 Å². The van der Waals surface area contributed by atoms with Crippen molar-refractivity contribution >= 4 is 12.0 Å². The first-order chi connectivity index (χ1) is 6.62. The van der Waals surface area contributed by atoms with Crippen LogP contribution >= 0.6 is 12.0 Å². The van der Waals surface area contributed by atoms with Gasteiger partial charge in [0.25, 0.3) is 0 Å². The normalized spacial score (nSPS) is 14.4. The van der Waals surface area contributed by atoms with Crippen molar-refractivity contribution in [3.8, 4) is 0 Å². The highest BCUT2D eigenvalue weighted by molar-refractivity contribution is 7.95. The Morgan fingerprint density at radius 1 is 1.07 bits per heavy atom. The van der Waals surface area contributed by atoms with Crippen molar-refractivity contribution in [2.24, 2.45) is 0 Å². The monoisotopic (exact) mass is 263 g/mol. The standard InChI is InChI=1S/C4H3F7O3S/c5-1-2(6,7)3(8,9)4(10,11)15-14-13-12/h12H,1H2/p-1. The summed E-state index contributed by atoms with van der Waals surface area (Å²) in [6.07, 6.45) is 0. The SMILES string of the molecule is [O-]OOSC(F)(F)C(F)(F)C(F)(F)CF. The van der Waals surface area contributed by atoms with Gasteiger partial charge in [0.15, 0.2) is 6.67 Å². The fourth-order valence-corrected chi connectivity index (χ4v) is 0.773. The molecule has 0 fully saturated rings. The number of hydrogen-bond donors (Lipinski definition) is 0. The molecule has 0 aliphatic carbocycles. The third kappa shape index (κ3) is 2.86. The third-order valence-corrected chi connectivity index (χ3v) is 1.75. The molecule has 0 aliphatic rings. The van der Waals surface area contributed by atoms with Crippen LogP contribution in [0, 0.1) is 0 Å². The van der Waals surface area contributed by atoms with Gasteiger partial charge in [-0.2, -0.15) is 30.7 Å². The second-order valence-corrected chi connectivity index (χ2v) is 2.96. The molecule has 92 valence electrons. The molecule has 0 unspecified atom stereocenters. The Balaban J connectivity index is 4.83. The van der Waals surface area contributed by atoms with Crippen molar-refractivity contribution in [1.29, 1.82) is 0 Å². The van der Waals surface area contributed by atoms with Crippen LogP contribution < -0.4 is 5.26 Å². The van der Waals surface area contributed by atoms with Crippen LogP contribution in [0.4, 0.5) is 30.7 Å². The Hall–Kier alpha value is -0.260. The minimum atomic E-state index is -6.03. The molecule has 0 heterocycles. The lowest BCUT2D eigenvalue weighted by atomic mass is 10.2. The van der Waals surface area contributed by atoms with E-state index in [1.807, 2.05) is 0 Å². The van der Waals surface area contributed by atoms with Gasteiger partial charge in [-0.15, -0.1) is 0 Å². The van der Waals surface area contributed by atoms with E-state index < -0.39 is 35.8 Å². The molecule has 0 aromatic rings. The summed E-state index contributed by atoms with van der Waals surface area (Å²) >= 11 is -1.64. The predicted molar refractivity (Wildman–Crippen MR) is 30.6 cm³/mol. The molecule has 0 amide bonds. The van der Waals surface area contributed by atoms with E-state index in [0.717, 1.165) is 0 Å². The van der Waals surface area contributed by atoms with Crippen molar-refractivity contribution in [1.82, 2.24) is 0 Å². The summed E-state index contributed by atoms with van der Waals surface area (Å²) in [5.41, 5.74) is 0. The van der Waals surface area contributed by atoms with Crippen molar-refractivity contribution in [2.45, 2.75) is 17.1 Å². The van der Waals surface area contributed by atoms with Crippen molar-refractivity contribution in [2.75, 3.05) is 6.67 Å². The quantitative estimate of drug-likeness (QED) is 0.316. The van der Waals surface area contributed by atoms with Gasteiger partial charge in [-0.25, -0.2) is 4.39 Å². The number of rotatable bonds is 6. The van der Waals surface area contributed by atoms with Gasteiger partial charge in [0.2, 0.25) is 0 Å². The Bertz CT molecular complexity index is 210. The summed E-state index contributed by atoms with van der Waals surface area (Å²) in [6, 6.07) is 0. The fraction of sp³-hybridized carbons (Fsp3) is 1.00. The molecular weight excluding hydrogens is 261 g/mol. The molecule has 0 radical (unpaired) electrons. The molecule has 0 bridgehead atoms. The zero-order chi connectivity index (χ0) is 12.3. The maximum Gasteiger partial charge on any atom is 0.389 e. The Morgan fingerprint density at radius 3 is 1.87 bits per heavy atom. The summed E-state index contributed by atoms with van der Waals surface area (Å²) in [4.78, 5) is 0. The minimum absolute atomic E-state index is 1.64. The van der Waals surface area contributed by atoms with Crippen molar-refractivity contribution < 1.29 is 45.4 Å². The summed E-state index contributed by atoms with van der Waals surface area (Å²) in [5.74, 6) is -11.6. The van der Waals surface area contributed by atoms with E-state index in [2.05, 4.69) is 9.37 Å². The highest BCUT2D eigenvalue weighted by Crippen LogP contribution is 2.51. The molecule has 3 nitrogen and oxygen atoms in total. The van der Waals surface area contributed by atoms with Gasteiger partial charge in [-0.1, -0.05) is 0 Å². The molecule has 0 atom stereocenters. The number of alkyl halides is 7. The largest absolute Gasteiger partial charge is 0.691 e. The molecule has 0 N–H and O–H groups in total. The smallest absolute Gasteiger partial charge is 0.389 e. The number of hydrogen-bond acceptors (Lipinski definition) is 4. The highest BCUT2D eigenvalue weighted by Gasteiger charge is 2.73. The summed E-state index contributed by atoms with van der Waals surface area (Å²) in [7, 11) is 0. The first kappa shape index (κ1) is 14.7. The molecule has 11 heteroatoms. The first-order valence-electron chi connectivity index (χ1n) is 2.96. The Kier molecular flexibility index (Phi) is 4.64. The zero-order valence-electron chi connectivity index (χ0n) is 6.49. The van der Waals surface area contributed by atoms with E-state index in [9.17, 15) is 30.7 Å². The highest BCUT2D eigenvalue weighted by atomic mass is 32.2. The molecule has 0 rings (SSSR count). The minimum Gasteiger partial charge on any atom is -0.691 e. The molecule has 0 aromatic carbocycles. The van der Waals surface area contributed by atoms with Gasteiger partial charge in [-0.3, -0.25) is 5.04 Å². The van der Waals surface area contributed by atoms with Gasteiger partial charge < -0.3 is 5.26 Å². The Morgan fingerprint density at radius 2 is 1.53 bits per heavy atom. The van der Waals surface area contributed by atoms with Crippen LogP contribution in [-0.4, -0.2) is 23.8 Å². The van der Waals surface area contributed by atoms with Gasteiger partial charge in [0.1, 0.15) is 12.0 Å². The van der Waals surface area contributed by atoms with Crippen molar-refractivity contribution in [3.63, 3.8) is 0 Å².